The molecule has 0 aromatic carbocycles. The fraction of sp³-hybridized carbons (Fsp3) is 0.400. The van der Waals surface area contributed by atoms with E-state index in [0.717, 1.165) is 11.4 Å². The van der Waals surface area contributed by atoms with Crippen LogP contribution in [0.5, 0.6) is 0 Å². The molecule has 0 bridgehead atoms. The predicted octanol–water partition coefficient (Wildman–Crippen LogP) is -0.610. The molecule has 0 aromatic heterocycles. The summed E-state index contributed by atoms with van der Waals surface area (Å²) in [6.07, 6.45) is 14.3. The van der Waals surface area contributed by atoms with Crippen molar-refractivity contribution in [2.75, 3.05) is 0 Å². The number of aliphatic imine (C=N–C) groups is 1. The molecule has 0 N–H and O–H groups in total. The Morgan fingerprint density at radius 3 is 2.29 bits per heavy atom. The molecule has 3 aliphatic rings. The molecule has 0 atom stereocenters. The van der Waals surface area contributed by atoms with Crippen LogP contribution < -0.4 is 24.8 Å². The van der Waals surface area contributed by atoms with Gasteiger partial charge in [0, 0.05) is 11.3 Å². The van der Waals surface area contributed by atoms with Crippen molar-refractivity contribution in [3.05, 3.63) is 56.6 Å². The van der Waals surface area contributed by atoms with Crippen LogP contribution in [0.4, 0.5) is 0 Å². The number of rotatable bonds is 1. The molecule has 0 radical (unpaired) electrons. The van der Waals surface area contributed by atoms with E-state index in [1.165, 1.54) is 12.0 Å². The molecule has 0 aromatic rings. The van der Waals surface area contributed by atoms with Crippen molar-refractivity contribution in [2.45, 2.75) is 48.0 Å². The second-order valence-corrected chi connectivity index (χ2v) is 11.8. The quantitative estimate of drug-likeness (QED) is 0.514. The van der Waals surface area contributed by atoms with Gasteiger partial charge >= 0.3 is 93.4 Å². The first kappa shape index (κ1) is 23.7. The first-order valence-corrected chi connectivity index (χ1v) is 10.4. The third-order valence-electron chi connectivity index (χ3n) is 3.64. The second-order valence-electron chi connectivity index (χ2n) is 7.17. The van der Waals surface area contributed by atoms with E-state index in [-0.39, 0.29) is 47.6 Å². The predicted molar refractivity (Wildman–Crippen MR) is 95.0 cm³/mol. The van der Waals surface area contributed by atoms with Crippen molar-refractivity contribution in [1.82, 2.24) is 0 Å². The topological polar surface area (TPSA) is 12.4 Å². The third kappa shape index (κ3) is 6.91. The van der Waals surface area contributed by atoms with E-state index < -0.39 is 0 Å². The van der Waals surface area contributed by atoms with Crippen molar-refractivity contribution in [2.24, 2.45) is 10.4 Å². The van der Waals surface area contributed by atoms with Crippen LogP contribution in [-0.4, -0.2) is 8.92 Å². The summed E-state index contributed by atoms with van der Waals surface area (Å²) >= 11 is -0.314. The molecule has 24 heavy (non-hydrogen) atoms. The number of hydrogen-bond acceptors (Lipinski definition) is 1. The maximum atomic E-state index is 4.27. The zero-order valence-corrected chi connectivity index (χ0v) is 19.3. The minimum atomic E-state index is -0.314. The summed E-state index contributed by atoms with van der Waals surface area (Å²) in [6, 6.07) is 0. The van der Waals surface area contributed by atoms with Crippen molar-refractivity contribution in [1.29, 1.82) is 0 Å². The largest absolute Gasteiger partial charge is 1.00 e. The van der Waals surface area contributed by atoms with Gasteiger partial charge in [-0.1, -0.05) is 12.2 Å². The molecule has 129 valence electrons. The molecule has 2 aliphatic carbocycles. The van der Waals surface area contributed by atoms with E-state index in [9.17, 15) is 0 Å². The fourth-order valence-electron chi connectivity index (χ4n) is 2.55. The summed E-state index contributed by atoms with van der Waals surface area (Å²) in [5.74, 6) is 0. The Hall–Kier alpha value is -0.297. The maximum absolute atomic E-state index is 4.27. The van der Waals surface area contributed by atoms with Gasteiger partial charge in [-0.3, -0.25) is 4.99 Å². The van der Waals surface area contributed by atoms with E-state index in [1.807, 2.05) is 19.1 Å². The smallest absolute Gasteiger partial charge is 1.00 e. The van der Waals surface area contributed by atoms with E-state index >= 15 is 0 Å². The van der Waals surface area contributed by atoms with Crippen LogP contribution in [0.3, 0.4) is 0 Å². The molecule has 0 saturated heterocycles. The zero-order chi connectivity index (χ0) is 16.3. The SMILES string of the molecule is CC1=NC2=CC=CC2=C1.C[C](C)=[Zr+2][C]1=CC(C(C)(C)C)=CC1.[Cl-].[Cl-]. The molecular weight excluding hydrogens is 416 g/mol. The van der Waals surface area contributed by atoms with Crippen molar-refractivity contribution in [3.8, 4) is 0 Å². The van der Waals surface area contributed by atoms with Crippen molar-refractivity contribution >= 4 is 8.92 Å². The minimum Gasteiger partial charge on any atom is -1.00 e. The summed E-state index contributed by atoms with van der Waals surface area (Å²) < 4.78 is 3.42. The van der Waals surface area contributed by atoms with Gasteiger partial charge in [0.15, 0.2) is 0 Å². The second kappa shape index (κ2) is 10.00. The molecular formula is C20H26Cl2NZr. The van der Waals surface area contributed by atoms with Gasteiger partial charge in [-0.2, -0.15) is 0 Å². The molecule has 0 fully saturated rings. The average Bonchev–Trinajstić information content (AvgIpc) is 3.03. The van der Waals surface area contributed by atoms with E-state index in [1.54, 1.807) is 12.1 Å². The molecule has 1 heterocycles. The van der Waals surface area contributed by atoms with Gasteiger partial charge in [0.05, 0.1) is 5.70 Å². The Labute approximate surface area is 170 Å². The summed E-state index contributed by atoms with van der Waals surface area (Å²) in [5, 5.41) is 0. The van der Waals surface area contributed by atoms with Gasteiger partial charge in [0.25, 0.3) is 0 Å². The number of fused-ring (bicyclic) bond motifs is 1. The van der Waals surface area contributed by atoms with Gasteiger partial charge in [-0.15, -0.1) is 0 Å². The van der Waals surface area contributed by atoms with Gasteiger partial charge < -0.3 is 24.8 Å². The Bertz CT molecular complexity index is 677. The van der Waals surface area contributed by atoms with Crippen LogP contribution in [0.15, 0.2) is 61.6 Å². The number of allylic oxidation sites excluding steroid dienone is 8. The summed E-state index contributed by atoms with van der Waals surface area (Å²) in [5.41, 5.74) is 5.38. The fourth-order valence-corrected chi connectivity index (χ4v) is 5.19. The molecule has 1 nitrogen and oxygen atoms in total. The molecule has 0 amide bonds. The van der Waals surface area contributed by atoms with E-state index in [4.69, 9.17) is 0 Å². The molecule has 0 spiro atoms. The van der Waals surface area contributed by atoms with Crippen molar-refractivity contribution < 1.29 is 47.6 Å². The van der Waals surface area contributed by atoms with Gasteiger partial charge in [-0.25, -0.2) is 0 Å². The van der Waals surface area contributed by atoms with Crippen LogP contribution in [0.1, 0.15) is 48.0 Å². The Kier molecular flexibility index (Phi) is 9.88. The Balaban J connectivity index is 0.000000425. The van der Waals surface area contributed by atoms with E-state index in [0.29, 0.717) is 5.41 Å². The summed E-state index contributed by atoms with van der Waals surface area (Å²) in [4.78, 5) is 4.27. The van der Waals surface area contributed by atoms with E-state index in [2.05, 4.69) is 63.9 Å². The summed E-state index contributed by atoms with van der Waals surface area (Å²) in [6.45, 7) is 13.5. The number of nitrogens with zero attached hydrogens (tertiary/aromatic N) is 1. The van der Waals surface area contributed by atoms with Gasteiger partial charge in [0.1, 0.15) is 0 Å². The normalized spacial score (nSPS) is 16.8. The van der Waals surface area contributed by atoms with Crippen LogP contribution in [0.2, 0.25) is 0 Å². The molecule has 0 unspecified atom stereocenters. The average molecular weight is 443 g/mol. The molecule has 1 aliphatic heterocycles. The Morgan fingerprint density at radius 2 is 1.79 bits per heavy atom. The third-order valence-corrected chi connectivity index (χ3v) is 6.51. The number of halogens is 2. The molecule has 0 saturated carbocycles. The number of hydrogen-bond donors (Lipinski definition) is 0. The van der Waals surface area contributed by atoms with Crippen LogP contribution in [0, 0.1) is 5.41 Å². The molecule has 3 rings (SSSR count). The zero-order valence-electron chi connectivity index (χ0n) is 15.4. The van der Waals surface area contributed by atoms with Crippen LogP contribution in [0.25, 0.3) is 0 Å². The standard InChI is InChI=1S/C9H13.C8H7N.C3H6.2ClH.Zr/c1-9(2,3)8-6-4-5-7-8;1-6-5-7-3-2-4-8(7)9-6;1-3-2;;;/h6-7H,4H2,1-3H3;2-5H,1H3;1-2H3;2*1H;/q;;;;;+2/p-2. The van der Waals surface area contributed by atoms with Crippen LogP contribution >= 0.6 is 0 Å². The maximum Gasteiger partial charge on any atom is -1.00 e. The summed E-state index contributed by atoms with van der Waals surface area (Å²) in [7, 11) is 0. The monoisotopic (exact) mass is 440 g/mol. The molecule has 4 heteroatoms. The van der Waals surface area contributed by atoms with Crippen LogP contribution in [-0.2, 0) is 22.8 Å². The Morgan fingerprint density at radius 1 is 1.12 bits per heavy atom. The van der Waals surface area contributed by atoms with Crippen molar-refractivity contribution in [3.63, 3.8) is 0 Å². The van der Waals surface area contributed by atoms with Gasteiger partial charge in [0.2, 0.25) is 0 Å². The first-order valence-electron chi connectivity index (χ1n) is 7.90. The van der Waals surface area contributed by atoms with Gasteiger partial charge in [-0.05, 0) is 19.1 Å². The minimum absolute atomic E-state index is 0. The first-order chi connectivity index (χ1) is 10.3.